The quantitative estimate of drug-likeness (QED) is 0.230. The highest BCUT2D eigenvalue weighted by Crippen LogP contribution is 2.41. The van der Waals surface area contributed by atoms with Crippen LogP contribution in [0, 0.1) is 11.8 Å². The van der Waals surface area contributed by atoms with E-state index in [0.29, 0.717) is 32.1 Å². The number of ether oxygens (including phenoxy) is 3. The summed E-state index contributed by atoms with van der Waals surface area (Å²) in [7, 11) is 0. The topological polar surface area (TPSA) is 173 Å². The molecule has 4 aliphatic rings. The average molecular weight is 435 g/mol. The van der Waals surface area contributed by atoms with Gasteiger partial charge in [0.15, 0.2) is 18.5 Å². The number of rotatable bonds is 3. The van der Waals surface area contributed by atoms with Gasteiger partial charge in [0.25, 0.3) is 0 Å². The molecule has 0 aromatic heterocycles. The van der Waals surface area contributed by atoms with E-state index in [2.05, 4.69) is 0 Å². The molecule has 0 spiro atoms. The van der Waals surface area contributed by atoms with E-state index < -0.39 is 55.1 Å². The molecule has 2 aliphatic heterocycles. The van der Waals surface area contributed by atoms with Crippen LogP contribution in [0.15, 0.2) is 0 Å². The first-order valence-electron chi connectivity index (χ1n) is 11.0. The third-order valence-corrected chi connectivity index (χ3v) is 7.33. The zero-order valence-electron chi connectivity index (χ0n) is 16.8. The van der Waals surface area contributed by atoms with Gasteiger partial charge in [0.2, 0.25) is 0 Å². The molecule has 0 aromatic rings. The lowest BCUT2D eigenvalue weighted by Crippen LogP contribution is -2.61. The molecule has 2 saturated carbocycles. The van der Waals surface area contributed by atoms with Crippen LogP contribution >= 0.6 is 0 Å². The van der Waals surface area contributed by atoms with Gasteiger partial charge in [0.1, 0.15) is 24.4 Å². The maximum absolute atomic E-state index is 10.5. The van der Waals surface area contributed by atoms with Crippen molar-refractivity contribution >= 4 is 0 Å². The molecule has 30 heavy (non-hydrogen) atoms. The molecule has 13 atom stereocenters. The summed E-state index contributed by atoms with van der Waals surface area (Å²) >= 11 is 0. The van der Waals surface area contributed by atoms with Crippen molar-refractivity contribution in [2.45, 2.75) is 106 Å². The highest BCUT2D eigenvalue weighted by Gasteiger charge is 2.54. The molecule has 10 heteroatoms. The van der Waals surface area contributed by atoms with Crippen LogP contribution in [0.4, 0.5) is 0 Å². The summed E-state index contributed by atoms with van der Waals surface area (Å²) in [5.74, 6) is -0.271. The summed E-state index contributed by atoms with van der Waals surface area (Å²) in [5, 5.41) is 70.6. The van der Waals surface area contributed by atoms with Gasteiger partial charge in [-0.3, -0.25) is 0 Å². The second kappa shape index (κ2) is 9.22. The summed E-state index contributed by atoms with van der Waals surface area (Å²) < 4.78 is 16.4. The van der Waals surface area contributed by atoms with Crippen LogP contribution in [0.2, 0.25) is 0 Å². The summed E-state index contributed by atoms with van der Waals surface area (Å²) in [4.78, 5) is 0. The van der Waals surface area contributed by atoms with Gasteiger partial charge in [-0.1, -0.05) is 0 Å². The Hall–Kier alpha value is -0.400. The molecule has 2 aliphatic carbocycles. The molecule has 0 amide bonds. The first-order chi connectivity index (χ1) is 14.2. The predicted molar refractivity (Wildman–Crippen MR) is 101 cm³/mol. The van der Waals surface area contributed by atoms with E-state index in [4.69, 9.17) is 14.2 Å². The lowest BCUT2D eigenvalue weighted by Gasteiger charge is -2.47. The highest BCUT2D eigenvalue weighted by atomic mass is 16.7. The van der Waals surface area contributed by atoms with Crippen LogP contribution < -0.4 is 0 Å². The van der Waals surface area contributed by atoms with Gasteiger partial charge >= 0.3 is 0 Å². The van der Waals surface area contributed by atoms with Gasteiger partial charge in [-0.15, -0.1) is 0 Å². The fraction of sp³-hybridized carbons (Fsp3) is 1.00. The molecule has 0 bridgehead atoms. The number of aliphatic hydroxyl groups is 9. The van der Waals surface area contributed by atoms with E-state index >= 15 is 0 Å². The first-order valence-corrected chi connectivity index (χ1v) is 11.0. The first kappa shape index (κ1) is 22.8. The lowest BCUT2D eigenvalue weighted by molar-refractivity contribution is -0.345. The second-order valence-corrected chi connectivity index (χ2v) is 9.43. The molecule has 2 saturated heterocycles. The number of fused-ring (bicyclic) bond motifs is 1. The van der Waals surface area contributed by atoms with Crippen LogP contribution in [-0.4, -0.2) is 114 Å². The van der Waals surface area contributed by atoms with Gasteiger partial charge in [-0.2, -0.15) is 0 Å². The Morgan fingerprint density at radius 2 is 1.50 bits per heavy atom. The Kier molecular flexibility index (Phi) is 7.00. The minimum absolute atomic E-state index is 0.0678. The molecule has 4 fully saturated rings. The third-order valence-electron chi connectivity index (χ3n) is 7.33. The normalized spacial score (nSPS) is 55.1. The van der Waals surface area contributed by atoms with E-state index in [1.165, 1.54) is 0 Å². The van der Waals surface area contributed by atoms with E-state index in [0.717, 1.165) is 0 Å². The van der Waals surface area contributed by atoms with E-state index in [9.17, 15) is 35.7 Å². The Morgan fingerprint density at radius 1 is 0.733 bits per heavy atom. The standard InChI is InChI=1S/C20H34O10/c21-9-4-12(23)10-6-16(30-20-18(27)17(26)14(25)7-28-20)19(29-15(10)5-9)8-1-2-11(22)13(24)3-8/h8-27H,1-7H2/p+1/t8?,9?,10?,11?,12?,13?,14-,15?,16?,17-,18+,19?,20+/m1/s1. The Bertz CT molecular complexity index is 578. The molecule has 2 heterocycles. The fourth-order valence-electron chi connectivity index (χ4n) is 5.58. The predicted octanol–water partition coefficient (Wildman–Crippen LogP) is -2.87. The minimum Gasteiger partial charge on any atom is -0.427 e. The summed E-state index contributed by atoms with van der Waals surface area (Å²) in [6.07, 6.45) is -6.67. The molecule has 10 nitrogen and oxygen atoms in total. The lowest BCUT2D eigenvalue weighted by atomic mass is 9.72. The van der Waals surface area contributed by atoms with Crippen LogP contribution in [0.1, 0.15) is 38.5 Å². The van der Waals surface area contributed by atoms with E-state index in [-0.39, 0.29) is 37.1 Å². The highest BCUT2D eigenvalue weighted by molar-refractivity contribution is 4.97. The average Bonchev–Trinajstić information content (AvgIpc) is 2.70. The smallest absolute Gasteiger partial charge is 0.186 e. The van der Waals surface area contributed by atoms with Gasteiger partial charge in [-0.25, -0.2) is 0 Å². The van der Waals surface area contributed by atoms with Crippen molar-refractivity contribution in [3.8, 4) is 0 Å². The van der Waals surface area contributed by atoms with E-state index in [1.807, 2.05) is 0 Å². The minimum atomic E-state index is -1.43. The summed E-state index contributed by atoms with van der Waals surface area (Å²) in [6, 6.07) is 0. The Morgan fingerprint density at radius 3 is 2.23 bits per heavy atom. The molecule has 4 rings (SSSR count). The van der Waals surface area contributed by atoms with Crippen molar-refractivity contribution in [1.29, 1.82) is 0 Å². The monoisotopic (exact) mass is 435 g/mol. The van der Waals surface area contributed by atoms with Crippen LogP contribution in [0.25, 0.3) is 0 Å². The van der Waals surface area contributed by atoms with Gasteiger partial charge in [0, 0.05) is 18.8 Å². The zero-order valence-corrected chi connectivity index (χ0v) is 16.8. The largest absolute Gasteiger partial charge is 0.427 e. The third kappa shape index (κ3) is 4.54. The number of hydrogen-bond acceptors (Lipinski definition) is 9. The SMILES string of the molecule is OC1CC(O)C2CC(O[C@@H]3OC[C@@H](O)[C@@H](O)[C@@H]3O)C(C3CCC(O)C(O)C3)[OH+]C2C1. The van der Waals surface area contributed by atoms with Crippen LogP contribution in [0.5, 0.6) is 0 Å². The molecule has 0 aromatic carbocycles. The molecule has 174 valence electrons. The van der Waals surface area contributed by atoms with Crippen LogP contribution in [0.3, 0.4) is 0 Å². The Labute approximate surface area is 175 Å². The van der Waals surface area contributed by atoms with E-state index in [1.54, 1.807) is 0 Å². The van der Waals surface area contributed by atoms with Crippen molar-refractivity contribution in [1.82, 2.24) is 0 Å². The maximum Gasteiger partial charge on any atom is 0.186 e. The van der Waals surface area contributed by atoms with Gasteiger partial charge in [-0.05, 0) is 25.7 Å². The molecular formula is C20H35O10+. The Balaban J connectivity index is 1.51. The molecule has 9 unspecified atom stereocenters. The zero-order chi connectivity index (χ0) is 21.6. The molecule has 0 radical (unpaired) electrons. The van der Waals surface area contributed by atoms with Crippen molar-refractivity contribution in [3.63, 3.8) is 0 Å². The van der Waals surface area contributed by atoms with Gasteiger partial charge < -0.3 is 50.0 Å². The number of hydrogen-bond donors (Lipinski definition) is 7. The summed E-state index contributed by atoms with van der Waals surface area (Å²) in [6.45, 7) is -0.174. The van der Waals surface area contributed by atoms with Crippen molar-refractivity contribution < 1.29 is 50.0 Å². The van der Waals surface area contributed by atoms with Crippen molar-refractivity contribution in [3.05, 3.63) is 0 Å². The maximum atomic E-state index is 10.5. The molecule has 8 N–H and O–H groups in total. The summed E-state index contributed by atoms with van der Waals surface area (Å²) in [5.41, 5.74) is 0. The van der Waals surface area contributed by atoms with Gasteiger partial charge in [0.05, 0.1) is 36.9 Å². The fourth-order valence-corrected chi connectivity index (χ4v) is 5.58. The van der Waals surface area contributed by atoms with Crippen LogP contribution in [-0.2, 0) is 9.47 Å². The second-order valence-electron chi connectivity index (χ2n) is 9.43. The van der Waals surface area contributed by atoms with Crippen molar-refractivity contribution in [2.75, 3.05) is 6.61 Å². The van der Waals surface area contributed by atoms with Crippen molar-refractivity contribution in [2.24, 2.45) is 11.8 Å². The number of aliphatic hydroxyl groups excluding tert-OH is 7. The molecular weight excluding hydrogens is 400 g/mol.